The van der Waals surface area contributed by atoms with Crippen LogP contribution in [0.3, 0.4) is 0 Å². The number of aromatic nitrogens is 2. The van der Waals surface area contributed by atoms with Crippen molar-refractivity contribution in [3.05, 3.63) is 30.1 Å². The molecule has 0 amide bonds. The first-order chi connectivity index (χ1) is 9.28. The van der Waals surface area contributed by atoms with E-state index in [2.05, 4.69) is 35.8 Å². The number of benzene rings is 1. The molecule has 1 aliphatic rings. The Bertz CT molecular complexity index is 561. The number of rotatable bonds is 4. The number of imidazole rings is 1. The van der Waals surface area contributed by atoms with E-state index in [1.54, 1.807) is 0 Å². The van der Waals surface area contributed by atoms with Crippen molar-refractivity contribution in [2.75, 3.05) is 0 Å². The summed E-state index contributed by atoms with van der Waals surface area (Å²) in [5.74, 6) is 1.97. The fraction of sp³-hybridized carbons (Fsp3) is 0.562. The molecule has 2 atom stereocenters. The van der Waals surface area contributed by atoms with E-state index >= 15 is 0 Å². The van der Waals surface area contributed by atoms with Crippen LogP contribution in [0.4, 0.5) is 0 Å². The average Bonchev–Trinajstić information content (AvgIpc) is 2.96. The molecule has 2 unspecified atom stereocenters. The summed E-state index contributed by atoms with van der Waals surface area (Å²) in [6.45, 7) is 3.29. The van der Waals surface area contributed by atoms with Crippen LogP contribution >= 0.6 is 11.6 Å². The summed E-state index contributed by atoms with van der Waals surface area (Å²) < 4.78 is 2.40. The molecule has 3 heteroatoms. The summed E-state index contributed by atoms with van der Waals surface area (Å²) >= 11 is 6.23. The quantitative estimate of drug-likeness (QED) is 0.757. The molecular formula is C16H21ClN2. The molecule has 19 heavy (non-hydrogen) atoms. The molecule has 0 aliphatic heterocycles. The second kappa shape index (κ2) is 5.54. The van der Waals surface area contributed by atoms with Crippen molar-refractivity contribution < 1.29 is 0 Å². The number of hydrogen-bond acceptors (Lipinski definition) is 1. The maximum atomic E-state index is 6.23. The first-order valence-electron chi connectivity index (χ1n) is 7.36. The van der Waals surface area contributed by atoms with E-state index in [1.807, 2.05) is 0 Å². The summed E-state index contributed by atoms with van der Waals surface area (Å²) in [5, 5.41) is 0.383. The Labute approximate surface area is 119 Å². The SMILES string of the molecule is CCCn1c(CC2CCC(Cl)C2)nc2ccccc21. The monoisotopic (exact) mass is 276 g/mol. The van der Waals surface area contributed by atoms with Crippen LogP contribution in [-0.4, -0.2) is 14.9 Å². The number of alkyl halides is 1. The van der Waals surface area contributed by atoms with E-state index in [4.69, 9.17) is 16.6 Å². The average molecular weight is 277 g/mol. The summed E-state index contributed by atoms with van der Waals surface area (Å²) in [4.78, 5) is 4.84. The van der Waals surface area contributed by atoms with E-state index in [0.29, 0.717) is 5.38 Å². The van der Waals surface area contributed by atoms with Gasteiger partial charge in [-0.2, -0.15) is 0 Å². The predicted molar refractivity (Wildman–Crippen MR) is 80.7 cm³/mol. The van der Waals surface area contributed by atoms with Crippen LogP contribution in [0.1, 0.15) is 38.4 Å². The van der Waals surface area contributed by atoms with Gasteiger partial charge >= 0.3 is 0 Å². The highest BCUT2D eigenvalue weighted by atomic mass is 35.5. The highest BCUT2D eigenvalue weighted by Gasteiger charge is 2.25. The predicted octanol–water partition coefficient (Wildman–Crippen LogP) is 4.40. The first kappa shape index (κ1) is 13.0. The molecule has 3 rings (SSSR count). The Balaban J connectivity index is 1.90. The number of nitrogens with zero attached hydrogens (tertiary/aromatic N) is 2. The molecule has 0 spiro atoms. The molecule has 1 aromatic heterocycles. The number of fused-ring (bicyclic) bond motifs is 1. The summed E-state index contributed by atoms with van der Waals surface area (Å²) in [7, 11) is 0. The van der Waals surface area contributed by atoms with Gasteiger partial charge in [0.15, 0.2) is 0 Å². The number of aryl methyl sites for hydroxylation is 1. The lowest BCUT2D eigenvalue weighted by atomic mass is 10.0. The third-order valence-corrected chi connectivity index (χ3v) is 4.53. The maximum Gasteiger partial charge on any atom is 0.110 e. The molecule has 1 saturated carbocycles. The van der Waals surface area contributed by atoms with Crippen molar-refractivity contribution in [1.82, 2.24) is 9.55 Å². The summed E-state index contributed by atoms with van der Waals surface area (Å²) in [5.41, 5.74) is 2.41. The van der Waals surface area contributed by atoms with Crippen LogP contribution < -0.4 is 0 Å². The lowest BCUT2D eigenvalue weighted by Gasteiger charge is -2.11. The second-order valence-electron chi connectivity index (χ2n) is 5.65. The largest absolute Gasteiger partial charge is 0.328 e. The molecule has 1 aliphatic carbocycles. The third kappa shape index (κ3) is 2.64. The van der Waals surface area contributed by atoms with Gasteiger partial charge in [-0.25, -0.2) is 4.98 Å². The molecule has 1 aromatic carbocycles. The van der Waals surface area contributed by atoms with Crippen LogP contribution in [0, 0.1) is 5.92 Å². The molecule has 0 radical (unpaired) electrons. The highest BCUT2D eigenvalue weighted by Crippen LogP contribution is 2.32. The Morgan fingerprint density at radius 3 is 2.89 bits per heavy atom. The molecule has 2 aromatic rings. The van der Waals surface area contributed by atoms with Crippen molar-refractivity contribution in [3.8, 4) is 0 Å². The van der Waals surface area contributed by atoms with Crippen molar-refractivity contribution in [1.29, 1.82) is 0 Å². The van der Waals surface area contributed by atoms with Gasteiger partial charge in [-0.05, 0) is 43.7 Å². The molecule has 0 saturated heterocycles. The summed E-state index contributed by atoms with van der Waals surface area (Å²) in [6.07, 6.45) is 5.80. The van der Waals surface area contributed by atoms with Gasteiger partial charge in [0.1, 0.15) is 5.82 Å². The van der Waals surface area contributed by atoms with E-state index < -0.39 is 0 Å². The van der Waals surface area contributed by atoms with Gasteiger partial charge in [0.05, 0.1) is 11.0 Å². The van der Waals surface area contributed by atoms with Crippen LogP contribution in [0.25, 0.3) is 11.0 Å². The van der Waals surface area contributed by atoms with Gasteiger partial charge in [0.25, 0.3) is 0 Å². The number of para-hydroxylation sites is 2. The molecule has 0 N–H and O–H groups in total. The lowest BCUT2D eigenvalue weighted by molar-refractivity contribution is 0.511. The second-order valence-corrected chi connectivity index (χ2v) is 6.27. The Kier molecular flexibility index (Phi) is 3.79. The van der Waals surface area contributed by atoms with Gasteiger partial charge < -0.3 is 4.57 Å². The zero-order chi connectivity index (χ0) is 13.2. The van der Waals surface area contributed by atoms with E-state index in [1.165, 1.54) is 24.2 Å². The van der Waals surface area contributed by atoms with Crippen molar-refractivity contribution in [2.45, 2.75) is 50.9 Å². The van der Waals surface area contributed by atoms with Gasteiger partial charge in [-0.1, -0.05) is 19.1 Å². The molecule has 102 valence electrons. The van der Waals surface area contributed by atoms with Gasteiger partial charge in [0.2, 0.25) is 0 Å². The van der Waals surface area contributed by atoms with Crippen LogP contribution in [0.2, 0.25) is 0 Å². The van der Waals surface area contributed by atoms with Crippen LogP contribution in [-0.2, 0) is 13.0 Å². The van der Waals surface area contributed by atoms with Crippen LogP contribution in [0.15, 0.2) is 24.3 Å². The Morgan fingerprint density at radius 2 is 2.16 bits per heavy atom. The molecule has 1 fully saturated rings. The maximum absolute atomic E-state index is 6.23. The third-order valence-electron chi connectivity index (χ3n) is 4.13. The smallest absolute Gasteiger partial charge is 0.110 e. The molecule has 1 heterocycles. The standard InChI is InChI=1S/C16H21ClN2/c1-2-9-19-15-6-4-3-5-14(15)18-16(19)11-12-7-8-13(17)10-12/h3-6,12-13H,2,7-11H2,1H3. The molecule has 0 bridgehead atoms. The van der Waals surface area contributed by atoms with Crippen LogP contribution in [0.5, 0.6) is 0 Å². The van der Waals surface area contributed by atoms with E-state index in [0.717, 1.165) is 37.2 Å². The zero-order valence-electron chi connectivity index (χ0n) is 11.5. The zero-order valence-corrected chi connectivity index (χ0v) is 12.2. The van der Waals surface area contributed by atoms with E-state index in [9.17, 15) is 0 Å². The lowest BCUT2D eigenvalue weighted by Crippen LogP contribution is -2.09. The van der Waals surface area contributed by atoms with Crippen molar-refractivity contribution in [3.63, 3.8) is 0 Å². The van der Waals surface area contributed by atoms with E-state index in [-0.39, 0.29) is 0 Å². The molecular weight excluding hydrogens is 256 g/mol. The van der Waals surface area contributed by atoms with Crippen molar-refractivity contribution in [2.24, 2.45) is 5.92 Å². The minimum atomic E-state index is 0.383. The van der Waals surface area contributed by atoms with Gasteiger partial charge in [-0.15, -0.1) is 11.6 Å². The van der Waals surface area contributed by atoms with Crippen molar-refractivity contribution >= 4 is 22.6 Å². The Morgan fingerprint density at radius 1 is 1.32 bits per heavy atom. The number of halogens is 1. The first-order valence-corrected chi connectivity index (χ1v) is 7.79. The summed E-state index contributed by atoms with van der Waals surface area (Å²) in [6, 6.07) is 8.47. The normalized spacial score (nSPS) is 23.3. The fourth-order valence-corrected chi connectivity index (χ4v) is 3.59. The number of hydrogen-bond donors (Lipinski definition) is 0. The fourth-order valence-electron chi connectivity index (χ4n) is 3.21. The Hall–Kier alpha value is -1.02. The highest BCUT2D eigenvalue weighted by molar-refractivity contribution is 6.20. The molecule has 2 nitrogen and oxygen atoms in total. The topological polar surface area (TPSA) is 17.8 Å². The van der Waals surface area contributed by atoms with Gasteiger partial charge in [-0.3, -0.25) is 0 Å². The van der Waals surface area contributed by atoms with Gasteiger partial charge in [0, 0.05) is 18.3 Å². The minimum Gasteiger partial charge on any atom is -0.328 e. The minimum absolute atomic E-state index is 0.383.